The Morgan fingerprint density at radius 1 is 0.939 bits per heavy atom. The summed E-state index contributed by atoms with van der Waals surface area (Å²) in [6.07, 6.45) is 20.4. The van der Waals surface area contributed by atoms with E-state index in [0.717, 1.165) is 36.9 Å². The van der Waals surface area contributed by atoms with Crippen LogP contribution >= 0.6 is 23.4 Å². The van der Waals surface area contributed by atoms with E-state index in [4.69, 9.17) is 16.3 Å². The van der Waals surface area contributed by atoms with E-state index in [9.17, 15) is 9.59 Å². The molecule has 5 rings (SSSR count). The Morgan fingerprint density at radius 3 is 2.06 bits per heavy atom. The van der Waals surface area contributed by atoms with Gasteiger partial charge in [0.05, 0.1) is 25.5 Å². The summed E-state index contributed by atoms with van der Waals surface area (Å²) in [5.74, 6) is 1.02. The molecular formula is C38H44ClN5O4S. The maximum Gasteiger partial charge on any atom is 0.407 e. The lowest BCUT2D eigenvalue weighted by Gasteiger charge is -2.23. The van der Waals surface area contributed by atoms with Crippen LogP contribution in [0.5, 0.6) is 0 Å². The van der Waals surface area contributed by atoms with Crippen LogP contribution in [0.2, 0.25) is 5.02 Å². The van der Waals surface area contributed by atoms with Crippen molar-refractivity contribution >= 4 is 41.2 Å². The Kier molecular flexibility index (Phi) is 23.4. The zero-order valence-corrected chi connectivity index (χ0v) is 29.5. The number of morpholine rings is 1. The first-order chi connectivity index (χ1) is 24.0. The van der Waals surface area contributed by atoms with Gasteiger partial charge in [0.2, 0.25) is 5.91 Å². The van der Waals surface area contributed by atoms with Gasteiger partial charge in [-0.15, -0.1) is 37.5 Å². The fourth-order valence-electron chi connectivity index (χ4n) is 4.01. The molecule has 0 radical (unpaired) electrons. The Bertz CT molecular complexity index is 1460. The first-order valence-corrected chi connectivity index (χ1v) is 16.7. The molecule has 0 aliphatic carbocycles. The maximum absolute atomic E-state index is 11.5. The summed E-state index contributed by atoms with van der Waals surface area (Å²) in [5, 5.41) is 8.93. The first kappa shape index (κ1) is 42.2. The van der Waals surface area contributed by atoms with Crippen molar-refractivity contribution in [1.29, 1.82) is 0 Å². The number of anilines is 1. The highest BCUT2D eigenvalue weighted by Gasteiger charge is 2.13. The van der Waals surface area contributed by atoms with Crippen LogP contribution in [0.3, 0.4) is 0 Å². The molecule has 0 bridgehead atoms. The number of aryl methyl sites for hydroxylation is 1. The maximum atomic E-state index is 11.5. The Hall–Kier alpha value is -4.84. The minimum atomic E-state index is -0.657. The Morgan fingerprint density at radius 2 is 1.53 bits per heavy atom. The molecular weight excluding hydrogens is 658 g/mol. The highest BCUT2D eigenvalue weighted by molar-refractivity contribution is 7.99. The van der Waals surface area contributed by atoms with Crippen molar-refractivity contribution in [2.45, 2.75) is 30.8 Å². The van der Waals surface area contributed by atoms with Gasteiger partial charge in [-0.3, -0.25) is 9.78 Å². The van der Waals surface area contributed by atoms with Crippen molar-refractivity contribution in [1.82, 2.24) is 20.6 Å². The number of rotatable bonds is 9. The lowest BCUT2D eigenvalue weighted by molar-refractivity contribution is -0.115. The molecule has 11 heteroatoms. The van der Waals surface area contributed by atoms with Crippen LogP contribution in [-0.4, -0.2) is 67.2 Å². The third-order valence-corrected chi connectivity index (χ3v) is 7.69. The summed E-state index contributed by atoms with van der Waals surface area (Å²) < 4.78 is 9.95. The lowest BCUT2D eigenvalue weighted by atomic mass is 10.1. The van der Waals surface area contributed by atoms with E-state index in [1.165, 1.54) is 29.3 Å². The van der Waals surface area contributed by atoms with Gasteiger partial charge in [0, 0.05) is 41.2 Å². The number of carbonyl (C=O) groups excluding carboxylic acids is 2. The van der Waals surface area contributed by atoms with Crippen molar-refractivity contribution in [2.75, 3.05) is 44.4 Å². The van der Waals surface area contributed by atoms with Crippen LogP contribution < -0.4 is 16.0 Å². The second-order valence-corrected chi connectivity index (χ2v) is 11.2. The van der Waals surface area contributed by atoms with E-state index in [-0.39, 0.29) is 12.5 Å². The molecule has 1 aliphatic heterocycles. The average Bonchev–Trinajstić information content (AvgIpc) is 3.17. The number of carbonyl (C=O) groups is 2. The highest BCUT2D eigenvalue weighted by Crippen LogP contribution is 2.22. The van der Waals surface area contributed by atoms with E-state index < -0.39 is 6.09 Å². The van der Waals surface area contributed by atoms with Gasteiger partial charge < -0.3 is 25.4 Å². The summed E-state index contributed by atoms with van der Waals surface area (Å²) in [4.78, 5) is 31.5. The molecule has 4 aromatic rings. The molecule has 2 amide bonds. The summed E-state index contributed by atoms with van der Waals surface area (Å²) >= 11 is 7.63. The van der Waals surface area contributed by atoms with Gasteiger partial charge in [0.15, 0.2) is 5.82 Å². The van der Waals surface area contributed by atoms with Crippen LogP contribution in [0, 0.1) is 25.7 Å². The molecule has 0 unspecified atom stereocenters. The molecule has 1 saturated heterocycles. The van der Waals surface area contributed by atoms with Crippen molar-refractivity contribution in [3.05, 3.63) is 119 Å². The largest absolute Gasteiger partial charge is 0.453 e. The van der Waals surface area contributed by atoms with E-state index in [0.29, 0.717) is 24.0 Å². The fraction of sp³-hybridized carbons (Fsp3) is 0.263. The normalized spacial score (nSPS) is 12.6. The summed E-state index contributed by atoms with van der Waals surface area (Å²) in [6.45, 7) is 4.49. The smallest absolute Gasteiger partial charge is 0.407 e. The molecule has 3 N–H and O–H groups in total. The number of terminal acetylenes is 2. The third-order valence-electron chi connectivity index (χ3n) is 6.29. The van der Waals surface area contributed by atoms with E-state index in [1.807, 2.05) is 43.0 Å². The number of amides is 2. The van der Waals surface area contributed by atoms with Crippen molar-refractivity contribution < 1.29 is 19.1 Å². The molecule has 2 heterocycles. The molecule has 3 aromatic carbocycles. The number of halogens is 1. The van der Waals surface area contributed by atoms with Gasteiger partial charge in [-0.05, 0) is 48.2 Å². The summed E-state index contributed by atoms with van der Waals surface area (Å²) in [5.41, 5.74) is 3.43. The van der Waals surface area contributed by atoms with Gasteiger partial charge in [0.25, 0.3) is 0 Å². The van der Waals surface area contributed by atoms with Crippen LogP contribution in [0.1, 0.15) is 23.7 Å². The molecule has 9 nitrogen and oxygen atoms in total. The number of alkyl carbamates (subject to hydrolysis) is 1. The molecule has 258 valence electrons. The monoisotopic (exact) mass is 701 g/mol. The van der Waals surface area contributed by atoms with E-state index in [2.05, 4.69) is 117 Å². The van der Waals surface area contributed by atoms with Gasteiger partial charge in [-0.2, -0.15) is 0 Å². The number of nitrogens with one attached hydrogen (secondary N) is 3. The molecule has 1 atom stereocenters. The third kappa shape index (κ3) is 18.9. The van der Waals surface area contributed by atoms with E-state index >= 15 is 0 Å². The molecule has 49 heavy (non-hydrogen) atoms. The summed E-state index contributed by atoms with van der Waals surface area (Å²) in [6, 6.07) is 29.0. The zero-order valence-electron chi connectivity index (χ0n) is 27.9. The molecule has 0 spiro atoms. The van der Waals surface area contributed by atoms with Crippen LogP contribution in [0.4, 0.5) is 10.6 Å². The van der Waals surface area contributed by atoms with Gasteiger partial charge in [-0.25, -0.2) is 9.78 Å². The number of aromatic nitrogens is 2. The predicted octanol–water partition coefficient (Wildman–Crippen LogP) is 6.53. The predicted molar refractivity (Wildman–Crippen MR) is 201 cm³/mol. The first-order valence-electron chi connectivity index (χ1n) is 15.3. The topological polar surface area (TPSA) is 114 Å². The molecule has 1 aliphatic rings. The van der Waals surface area contributed by atoms with Gasteiger partial charge in [0.1, 0.15) is 6.54 Å². The minimum Gasteiger partial charge on any atom is -0.453 e. The van der Waals surface area contributed by atoms with E-state index in [1.54, 1.807) is 6.20 Å². The Balaban J connectivity index is 0.000000351. The zero-order chi connectivity index (χ0) is 36.1. The lowest BCUT2D eigenvalue weighted by Crippen LogP contribution is -2.39. The SMILES string of the molecule is C#C.C#C.CCc1nccnc1NC(=O)CNC(=O)OC.Clc1ccc(SC[C@@H]2CNCCO2)cc1.c1ccc(Cc2ccccc2)cc1. The van der Waals surface area contributed by atoms with Gasteiger partial charge in [-0.1, -0.05) is 79.2 Å². The van der Waals surface area contributed by atoms with Crippen molar-refractivity contribution in [3.8, 4) is 25.7 Å². The van der Waals surface area contributed by atoms with Crippen LogP contribution in [0.15, 0.2) is 102 Å². The quantitative estimate of drug-likeness (QED) is 0.133. The van der Waals surface area contributed by atoms with Gasteiger partial charge >= 0.3 is 6.09 Å². The number of hydrogen-bond acceptors (Lipinski definition) is 8. The second kappa shape index (κ2) is 27.1. The number of benzene rings is 3. The number of methoxy groups -OCH3 is 1. The fourth-order valence-corrected chi connectivity index (χ4v) is 5.05. The van der Waals surface area contributed by atoms with Crippen LogP contribution in [0.25, 0.3) is 0 Å². The minimum absolute atomic E-state index is 0.174. The standard InChI is InChI=1S/C13H12.C11H14ClNOS.C10H14N4O3.2C2H2/c1-3-7-12(8-4-1)11-13-9-5-2-6-10-13;12-9-1-3-11(4-2-9)15-8-10-7-13-5-6-14-10;1-3-7-9(12-5-4-11-7)14-8(15)6-13-10(16)17-2;2*1-2/h1-10H,11H2;1-4,10,13H,5-8H2;4-5H,3,6H2,1-2H3,(H,13,16)(H,12,14,15);2*1-2H/t;10-;;;/m.0.../s1. The number of nitrogens with zero attached hydrogens (tertiary/aromatic N) is 2. The average molecular weight is 702 g/mol. The van der Waals surface area contributed by atoms with Crippen molar-refractivity contribution in [2.24, 2.45) is 0 Å². The number of hydrogen-bond donors (Lipinski definition) is 3. The molecule has 0 saturated carbocycles. The number of thioether (sulfide) groups is 1. The number of ether oxygens (including phenoxy) is 2. The van der Waals surface area contributed by atoms with Crippen molar-refractivity contribution in [3.63, 3.8) is 0 Å². The summed E-state index contributed by atoms with van der Waals surface area (Å²) in [7, 11) is 1.23. The van der Waals surface area contributed by atoms with Crippen LogP contribution in [-0.2, 0) is 27.1 Å². The highest BCUT2D eigenvalue weighted by atomic mass is 35.5. The second-order valence-electron chi connectivity index (χ2n) is 9.71. The molecule has 1 fully saturated rings. The Labute approximate surface area is 300 Å². The molecule has 1 aromatic heterocycles.